The lowest BCUT2D eigenvalue weighted by atomic mass is 10.1. The molecule has 1 aliphatic carbocycles. The van der Waals surface area contributed by atoms with Crippen LogP contribution in [0.15, 0.2) is 53.6 Å². The smallest absolute Gasteiger partial charge is 0.261 e. The number of benzene rings is 1. The van der Waals surface area contributed by atoms with E-state index in [9.17, 15) is 9.59 Å². The van der Waals surface area contributed by atoms with Crippen molar-refractivity contribution in [1.82, 2.24) is 19.7 Å². The molecule has 2 aromatic heterocycles. The molecule has 26 heavy (non-hydrogen) atoms. The summed E-state index contributed by atoms with van der Waals surface area (Å²) in [6.07, 6.45) is 6.40. The number of nitrogens with zero attached hydrogens (tertiary/aromatic N) is 3. The number of hydrogen-bond donors (Lipinski definition) is 1. The summed E-state index contributed by atoms with van der Waals surface area (Å²) < 4.78 is 1.77. The van der Waals surface area contributed by atoms with E-state index in [0.29, 0.717) is 6.54 Å². The highest BCUT2D eigenvalue weighted by molar-refractivity contribution is 5.94. The van der Waals surface area contributed by atoms with Crippen LogP contribution in [0.3, 0.4) is 0 Å². The zero-order valence-electron chi connectivity index (χ0n) is 14.6. The third-order valence-corrected chi connectivity index (χ3v) is 4.82. The molecular weight excluding hydrogens is 328 g/mol. The van der Waals surface area contributed by atoms with Gasteiger partial charge in [0.25, 0.3) is 11.5 Å². The second kappa shape index (κ2) is 6.63. The number of amides is 1. The Morgan fingerprint density at radius 3 is 2.92 bits per heavy atom. The second-order valence-electron chi connectivity index (χ2n) is 6.61. The fourth-order valence-corrected chi connectivity index (χ4v) is 3.48. The molecule has 0 bridgehead atoms. The quantitative estimate of drug-likeness (QED) is 0.786. The number of carbonyl (C=O) groups excluding carboxylic acids is 1. The van der Waals surface area contributed by atoms with E-state index >= 15 is 0 Å². The first-order valence-corrected chi connectivity index (χ1v) is 8.72. The monoisotopic (exact) mass is 348 g/mol. The van der Waals surface area contributed by atoms with Crippen LogP contribution in [0.5, 0.6) is 0 Å². The molecule has 1 amide bonds. The molecule has 0 saturated carbocycles. The minimum atomic E-state index is -0.303. The van der Waals surface area contributed by atoms with Crippen molar-refractivity contribution in [3.05, 3.63) is 81.5 Å². The third-order valence-electron chi connectivity index (χ3n) is 4.82. The van der Waals surface area contributed by atoms with Gasteiger partial charge in [0.2, 0.25) is 0 Å². The molecule has 6 nitrogen and oxygen atoms in total. The van der Waals surface area contributed by atoms with Gasteiger partial charge in [0, 0.05) is 31.7 Å². The number of nitrogens with one attached hydrogen (secondary N) is 1. The molecule has 132 valence electrons. The first-order chi connectivity index (χ1) is 12.6. The maximum Gasteiger partial charge on any atom is 0.261 e. The van der Waals surface area contributed by atoms with E-state index in [2.05, 4.69) is 10.1 Å². The fraction of sp³-hybridized carbons (Fsp3) is 0.250. The molecule has 6 heteroatoms. The Balaban J connectivity index is 1.61. The molecule has 0 spiro atoms. The van der Waals surface area contributed by atoms with Crippen molar-refractivity contribution in [1.29, 1.82) is 0 Å². The summed E-state index contributed by atoms with van der Waals surface area (Å²) in [5.74, 6) is -0.267. The number of para-hydroxylation sites is 1. The number of aromatic amines is 1. The number of fused-ring (bicyclic) bond motifs is 1. The Morgan fingerprint density at radius 1 is 1.27 bits per heavy atom. The van der Waals surface area contributed by atoms with Crippen LogP contribution < -0.4 is 5.56 Å². The van der Waals surface area contributed by atoms with E-state index in [1.165, 1.54) is 0 Å². The summed E-state index contributed by atoms with van der Waals surface area (Å²) in [6, 6.07) is 11.4. The minimum Gasteiger partial charge on any atom is -0.337 e. The van der Waals surface area contributed by atoms with E-state index in [0.717, 1.165) is 41.8 Å². The van der Waals surface area contributed by atoms with Gasteiger partial charge in [0.15, 0.2) is 0 Å². The molecule has 3 aromatic rings. The summed E-state index contributed by atoms with van der Waals surface area (Å²) in [7, 11) is 1.72. The van der Waals surface area contributed by atoms with Crippen LogP contribution in [0, 0.1) is 0 Å². The molecule has 0 atom stereocenters. The van der Waals surface area contributed by atoms with Gasteiger partial charge in [0.05, 0.1) is 5.69 Å². The van der Waals surface area contributed by atoms with Gasteiger partial charge in [-0.2, -0.15) is 5.10 Å². The van der Waals surface area contributed by atoms with E-state index < -0.39 is 0 Å². The lowest BCUT2D eigenvalue weighted by molar-refractivity contribution is 0.0783. The average molecular weight is 348 g/mol. The topological polar surface area (TPSA) is 71.0 Å². The molecule has 4 rings (SSSR count). The van der Waals surface area contributed by atoms with Crippen molar-refractivity contribution < 1.29 is 4.79 Å². The first kappa shape index (κ1) is 16.3. The van der Waals surface area contributed by atoms with Gasteiger partial charge >= 0.3 is 0 Å². The zero-order chi connectivity index (χ0) is 18.1. The summed E-state index contributed by atoms with van der Waals surface area (Å²) in [5, 5.41) is 4.27. The number of aryl methyl sites for hydroxylation is 2. The molecule has 0 unspecified atom stereocenters. The Kier molecular flexibility index (Phi) is 4.16. The highest BCUT2D eigenvalue weighted by Crippen LogP contribution is 2.20. The highest BCUT2D eigenvalue weighted by Gasteiger charge is 2.21. The van der Waals surface area contributed by atoms with Gasteiger partial charge in [-0.05, 0) is 48.6 Å². The Bertz CT molecular complexity index is 1000. The molecule has 0 saturated heterocycles. The largest absolute Gasteiger partial charge is 0.337 e. The van der Waals surface area contributed by atoms with Crippen LogP contribution in [0.25, 0.3) is 5.69 Å². The van der Waals surface area contributed by atoms with Gasteiger partial charge < -0.3 is 9.88 Å². The van der Waals surface area contributed by atoms with Gasteiger partial charge in [-0.1, -0.05) is 18.2 Å². The van der Waals surface area contributed by atoms with E-state index in [-0.39, 0.29) is 17.0 Å². The fourth-order valence-electron chi connectivity index (χ4n) is 3.48. The summed E-state index contributed by atoms with van der Waals surface area (Å²) in [4.78, 5) is 29.6. The number of carbonyl (C=O) groups is 1. The predicted molar refractivity (Wildman–Crippen MR) is 98.4 cm³/mol. The Hall–Kier alpha value is -3.15. The van der Waals surface area contributed by atoms with Crippen molar-refractivity contribution in [3.8, 4) is 5.69 Å². The number of H-pyrrole nitrogens is 1. The van der Waals surface area contributed by atoms with Crippen molar-refractivity contribution in [2.45, 2.75) is 25.8 Å². The minimum absolute atomic E-state index is 0.213. The van der Waals surface area contributed by atoms with Crippen LogP contribution in [0.4, 0.5) is 0 Å². The first-order valence-electron chi connectivity index (χ1n) is 8.72. The summed E-state index contributed by atoms with van der Waals surface area (Å²) in [5.41, 5.74) is 3.84. The molecule has 1 aromatic carbocycles. The lowest BCUT2D eigenvalue weighted by Gasteiger charge is -2.19. The summed E-state index contributed by atoms with van der Waals surface area (Å²) >= 11 is 0. The number of hydrogen-bond acceptors (Lipinski definition) is 3. The molecule has 0 aliphatic heterocycles. The average Bonchev–Trinajstić information content (AvgIpc) is 3.32. The van der Waals surface area contributed by atoms with Crippen molar-refractivity contribution in [3.63, 3.8) is 0 Å². The van der Waals surface area contributed by atoms with E-state index in [1.54, 1.807) is 28.9 Å². The second-order valence-corrected chi connectivity index (χ2v) is 6.61. The van der Waals surface area contributed by atoms with Crippen LogP contribution in [0.2, 0.25) is 0 Å². The van der Waals surface area contributed by atoms with Crippen LogP contribution in [0.1, 0.15) is 33.6 Å². The maximum absolute atomic E-state index is 12.9. The molecule has 1 N–H and O–H groups in total. The normalized spacial score (nSPS) is 12.8. The number of aromatic nitrogens is 3. The van der Waals surface area contributed by atoms with Crippen molar-refractivity contribution in [2.24, 2.45) is 0 Å². The zero-order valence-corrected chi connectivity index (χ0v) is 14.6. The van der Waals surface area contributed by atoms with Gasteiger partial charge in [0.1, 0.15) is 5.56 Å². The number of rotatable bonds is 4. The third kappa shape index (κ3) is 2.94. The van der Waals surface area contributed by atoms with Gasteiger partial charge in [-0.15, -0.1) is 0 Å². The molecule has 0 fully saturated rings. The van der Waals surface area contributed by atoms with Crippen molar-refractivity contribution in [2.75, 3.05) is 7.05 Å². The Morgan fingerprint density at radius 2 is 2.12 bits per heavy atom. The van der Waals surface area contributed by atoms with Gasteiger partial charge in [-0.3, -0.25) is 9.59 Å². The molecular formula is C20H20N4O2. The van der Waals surface area contributed by atoms with Crippen LogP contribution >= 0.6 is 0 Å². The summed E-state index contributed by atoms with van der Waals surface area (Å²) in [6.45, 7) is 0.394. The van der Waals surface area contributed by atoms with E-state index in [1.807, 2.05) is 36.5 Å². The van der Waals surface area contributed by atoms with Gasteiger partial charge in [-0.25, -0.2) is 4.68 Å². The van der Waals surface area contributed by atoms with Crippen LogP contribution in [-0.2, 0) is 19.4 Å². The standard InChI is InChI=1S/C20H20N4O2/c1-23(13-15-6-2-3-9-18(15)24-11-5-10-21-24)20(26)16-12-14-7-4-8-17(14)22-19(16)25/h2-3,5-6,9-12H,4,7-8,13H2,1H3,(H,22,25). The molecule has 1 aliphatic rings. The Labute approximate surface area is 151 Å². The van der Waals surface area contributed by atoms with Crippen LogP contribution in [-0.4, -0.2) is 32.6 Å². The van der Waals surface area contributed by atoms with Crippen molar-refractivity contribution >= 4 is 5.91 Å². The molecule has 2 heterocycles. The van der Waals surface area contributed by atoms with E-state index in [4.69, 9.17) is 0 Å². The SMILES string of the molecule is CN(Cc1ccccc1-n1cccn1)C(=O)c1cc2c([nH]c1=O)CCC2. The lowest BCUT2D eigenvalue weighted by Crippen LogP contribution is -2.32. The highest BCUT2D eigenvalue weighted by atomic mass is 16.2. The molecule has 0 radical (unpaired) electrons. The maximum atomic E-state index is 12.9. The predicted octanol–water partition coefficient (Wildman–Crippen LogP) is 2.32. The number of pyridine rings is 1.